The number of benzene rings is 3. The molecule has 0 radical (unpaired) electrons. The highest BCUT2D eigenvalue weighted by Gasteiger charge is 2.31. The molecule has 5 rings (SSSR count). The predicted octanol–water partition coefficient (Wildman–Crippen LogP) is 8.55. The lowest BCUT2D eigenvalue weighted by Crippen LogP contribution is -2.42. The molecule has 1 saturated heterocycles. The van der Waals surface area contributed by atoms with Gasteiger partial charge in [-0.3, -0.25) is 0 Å². The van der Waals surface area contributed by atoms with Gasteiger partial charge in [-0.1, -0.05) is 75.0 Å². The first-order valence-corrected chi connectivity index (χ1v) is 16.3. The summed E-state index contributed by atoms with van der Waals surface area (Å²) in [5, 5.41) is 8.22. The summed E-state index contributed by atoms with van der Waals surface area (Å²) in [6, 6.07) is 21.4. The number of amidine groups is 1. The van der Waals surface area contributed by atoms with E-state index < -0.39 is 6.36 Å². The van der Waals surface area contributed by atoms with Gasteiger partial charge < -0.3 is 15.0 Å². The van der Waals surface area contributed by atoms with E-state index in [0.29, 0.717) is 24.0 Å². The number of para-hydroxylation sites is 1. The number of hydrogen-bond acceptors (Lipinski definition) is 5. The van der Waals surface area contributed by atoms with E-state index in [9.17, 15) is 18.0 Å². The molecule has 1 aromatic heterocycles. The molecule has 1 N–H and O–H groups in total. The van der Waals surface area contributed by atoms with Crippen LogP contribution in [0.25, 0.3) is 17.1 Å². The van der Waals surface area contributed by atoms with E-state index >= 15 is 0 Å². The molecule has 1 aliphatic heterocycles. The van der Waals surface area contributed by atoms with Crippen LogP contribution in [0.5, 0.6) is 5.75 Å². The van der Waals surface area contributed by atoms with Gasteiger partial charge in [0.25, 0.3) is 0 Å². The predicted molar refractivity (Wildman–Crippen MR) is 177 cm³/mol. The van der Waals surface area contributed by atoms with Gasteiger partial charge in [0, 0.05) is 35.5 Å². The van der Waals surface area contributed by atoms with Crippen molar-refractivity contribution in [3.05, 3.63) is 90.3 Å². The number of thioether (sulfide) groups is 1. The van der Waals surface area contributed by atoms with Crippen LogP contribution >= 0.6 is 11.8 Å². The van der Waals surface area contributed by atoms with E-state index in [1.54, 1.807) is 11.8 Å². The zero-order chi connectivity index (χ0) is 32.8. The maximum atomic E-state index is 13.1. The number of alkyl halides is 3. The molecule has 2 unspecified atom stereocenters. The molecule has 242 valence electrons. The van der Waals surface area contributed by atoms with Crippen LogP contribution in [0.4, 0.5) is 23.7 Å². The number of nitrogens with zero attached hydrogens (tertiary/aromatic N) is 5. The third kappa shape index (κ3) is 8.09. The number of aromatic nitrogens is 3. The molecule has 0 spiro atoms. The third-order valence-electron chi connectivity index (χ3n) is 7.89. The molecule has 1 fully saturated rings. The summed E-state index contributed by atoms with van der Waals surface area (Å²) in [5.74, 6) is 1.50. The molecule has 2 heterocycles. The standard InChI is InChI=1S/C34H37F3N6O2S/c1-5-24(20-38-32(44)40-33-43(23(4)18-19-46-33)30-9-7-6-8-29(30)22(2)3)25-10-12-26(13-11-25)31-39-21-42(41-31)27-14-16-28(17-15-27)45-34(35,36)37/h6-17,21-24H,5,18-20H2,1-4H3,(H,38,44). The van der Waals surface area contributed by atoms with Gasteiger partial charge in [-0.15, -0.1) is 18.3 Å². The van der Waals surface area contributed by atoms with Crippen molar-refractivity contribution in [3.63, 3.8) is 0 Å². The fraction of sp³-hybridized carbons (Fsp3) is 0.353. The van der Waals surface area contributed by atoms with Gasteiger partial charge in [-0.05, 0) is 67.1 Å². The van der Waals surface area contributed by atoms with Crippen LogP contribution in [-0.4, -0.2) is 50.7 Å². The molecule has 2 atom stereocenters. The van der Waals surface area contributed by atoms with Crippen LogP contribution in [0, 0.1) is 0 Å². The number of carbonyl (C=O) groups excluding carboxylic acids is 1. The number of hydrogen-bond donors (Lipinski definition) is 1. The van der Waals surface area contributed by atoms with Crippen molar-refractivity contribution in [2.24, 2.45) is 4.99 Å². The van der Waals surface area contributed by atoms with E-state index in [1.165, 1.54) is 40.8 Å². The Morgan fingerprint density at radius 2 is 1.80 bits per heavy atom. The minimum absolute atomic E-state index is 0.0804. The number of ether oxygens (including phenoxy) is 1. The van der Waals surface area contributed by atoms with E-state index in [-0.39, 0.29) is 23.7 Å². The highest BCUT2D eigenvalue weighted by molar-refractivity contribution is 8.14. The fourth-order valence-corrected chi connectivity index (χ4v) is 6.60. The monoisotopic (exact) mass is 650 g/mol. The maximum Gasteiger partial charge on any atom is 0.573 e. The van der Waals surface area contributed by atoms with Crippen molar-refractivity contribution in [1.29, 1.82) is 0 Å². The maximum absolute atomic E-state index is 13.1. The Bertz CT molecular complexity index is 1650. The zero-order valence-corrected chi connectivity index (χ0v) is 27.0. The summed E-state index contributed by atoms with van der Waals surface area (Å²) in [5.41, 5.74) is 4.73. The molecule has 4 aromatic rings. The summed E-state index contributed by atoms with van der Waals surface area (Å²) in [7, 11) is 0. The smallest absolute Gasteiger partial charge is 0.406 e. The lowest BCUT2D eigenvalue weighted by molar-refractivity contribution is -0.274. The zero-order valence-electron chi connectivity index (χ0n) is 26.2. The minimum Gasteiger partial charge on any atom is -0.406 e. The van der Waals surface area contributed by atoms with E-state index in [4.69, 9.17) is 0 Å². The number of urea groups is 1. The summed E-state index contributed by atoms with van der Waals surface area (Å²) in [6.45, 7) is 9.04. The minimum atomic E-state index is -4.75. The van der Waals surface area contributed by atoms with Gasteiger partial charge >= 0.3 is 12.4 Å². The van der Waals surface area contributed by atoms with Crippen molar-refractivity contribution in [3.8, 4) is 22.8 Å². The van der Waals surface area contributed by atoms with Crippen molar-refractivity contribution in [2.45, 2.75) is 64.8 Å². The van der Waals surface area contributed by atoms with Crippen molar-refractivity contribution < 1.29 is 22.7 Å². The Labute approximate surface area is 271 Å². The number of anilines is 1. The molecule has 3 aromatic carbocycles. The van der Waals surface area contributed by atoms with Gasteiger partial charge in [0.15, 0.2) is 11.0 Å². The summed E-state index contributed by atoms with van der Waals surface area (Å²) >= 11 is 1.61. The molecular formula is C34H37F3N6O2S. The van der Waals surface area contributed by atoms with Crippen LogP contribution < -0.4 is 15.0 Å². The SMILES string of the molecule is CCC(CNC(=O)N=C1SCCC(C)N1c1ccccc1C(C)C)c1ccc(-c2ncn(-c3ccc(OC(F)(F)F)cc3)n2)cc1. The van der Waals surface area contributed by atoms with Crippen molar-refractivity contribution >= 4 is 28.6 Å². The van der Waals surface area contributed by atoms with Gasteiger partial charge in [-0.2, -0.15) is 4.99 Å². The van der Waals surface area contributed by atoms with E-state index in [2.05, 4.69) is 69.9 Å². The Kier molecular flexibility index (Phi) is 10.4. The second-order valence-electron chi connectivity index (χ2n) is 11.4. The van der Waals surface area contributed by atoms with Crippen LogP contribution in [0.3, 0.4) is 0 Å². The average Bonchev–Trinajstić information content (AvgIpc) is 3.52. The fourth-order valence-electron chi connectivity index (χ4n) is 5.39. The normalized spacial score (nSPS) is 16.9. The molecule has 8 nitrogen and oxygen atoms in total. The summed E-state index contributed by atoms with van der Waals surface area (Å²) < 4.78 is 42.8. The van der Waals surface area contributed by atoms with Crippen molar-refractivity contribution in [2.75, 3.05) is 17.2 Å². The van der Waals surface area contributed by atoms with E-state index in [0.717, 1.165) is 40.6 Å². The summed E-state index contributed by atoms with van der Waals surface area (Å²) in [6.07, 6.45) is -1.42. The first kappa shape index (κ1) is 33.1. The Morgan fingerprint density at radius 3 is 2.48 bits per heavy atom. The largest absolute Gasteiger partial charge is 0.573 e. The topological polar surface area (TPSA) is 84.6 Å². The molecule has 1 aliphatic rings. The molecule has 0 aliphatic carbocycles. The second-order valence-corrected chi connectivity index (χ2v) is 12.5. The van der Waals surface area contributed by atoms with Gasteiger partial charge in [0.05, 0.1) is 5.69 Å². The quantitative estimate of drug-likeness (QED) is 0.195. The number of rotatable bonds is 9. The number of aliphatic imine (C=N–C) groups is 1. The second kappa shape index (κ2) is 14.4. The highest BCUT2D eigenvalue weighted by atomic mass is 32.2. The van der Waals surface area contributed by atoms with Crippen LogP contribution in [0.2, 0.25) is 0 Å². The van der Waals surface area contributed by atoms with Gasteiger partial charge in [0.2, 0.25) is 0 Å². The number of nitrogens with one attached hydrogen (secondary N) is 1. The van der Waals surface area contributed by atoms with Crippen molar-refractivity contribution in [1.82, 2.24) is 20.1 Å². The van der Waals surface area contributed by atoms with Gasteiger partial charge in [-0.25, -0.2) is 14.5 Å². The molecular weight excluding hydrogens is 613 g/mol. The third-order valence-corrected chi connectivity index (χ3v) is 8.87. The molecule has 0 bridgehead atoms. The van der Waals surface area contributed by atoms with E-state index in [1.807, 2.05) is 36.4 Å². The number of carbonyl (C=O) groups is 1. The number of halogens is 3. The average molecular weight is 651 g/mol. The summed E-state index contributed by atoms with van der Waals surface area (Å²) in [4.78, 5) is 24.2. The van der Waals surface area contributed by atoms with Gasteiger partial charge in [0.1, 0.15) is 12.1 Å². The first-order valence-electron chi connectivity index (χ1n) is 15.3. The Hall–Kier alpha value is -4.32. The molecule has 12 heteroatoms. The Balaban J connectivity index is 1.23. The lowest BCUT2D eigenvalue weighted by atomic mass is 9.95. The lowest BCUT2D eigenvalue weighted by Gasteiger charge is -2.37. The Morgan fingerprint density at radius 1 is 1.09 bits per heavy atom. The van der Waals surface area contributed by atoms with Crippen LogP contribution in [0.1, 0.15) is 63.5 Å². The molecule has 46 heavy (non-hydrogen) atoms. The molecule has 2 amide bonds. The molecule has 0 saturated carbocycles. The first-order chi connectivity index (χ1) is 22.0. The number of amides is 2. The highest BCUT2D eigenvalue weighted by Crippen LogP contribution is 2.35. The van der Waals surface area contributed by atoms with Crippen LogP contribution in [-0.2, 0) is 0 Å². The van der Waals surface area contributed by atoms with Crippen LogP contribution in [0.15, 0.2) is 84.1 Å².